The van der Waals surface area contributed by atoms with E-state index in [1.54, 1.807) is 6.92 Å². The standard InChI is InChI=1S/C11H14F2N2O/c1-6(14)11(16)15-7(2)9-5-8(12)3-4-10(9)13/h3-7H,14H2,1-2H3,(H,15,16)/t6-,7?/m0/s1. The Balaban J connectivity index is 2.84. The highest BCUT2D eigenvalue weighted by atomic mass is 19.1. The second kappa shape index (κ2) is 5.03. The molecule has 5 heteroatoms. The van der Waals surface area contributed by atoms with Gasteiger partial charge in [0, 0.05) is 5.56 Å². The van der Waals surface area contributed by atoms with Crippen LogP contribution in [0, 0.1) is 11.6 Å². The van der Waals surface area contributed by atoms with Crippen molar-refractivity contribution in [1.29, 1.82) is 0 Å². The van der Waals surface area contributed by atoms with Gasteiger partial charge in [0.05, 0.1) is 12.1 Å². The van der Waals surface area contributed by atoms with Crippen LogP contribution in [0.2, 0.25) is 0 Å². The third-order valence-corrected chi connectivity index (χ3v) is 2.20. The van der Waals surface area contributed by atoms with Gasteiger partial charge in [-0.3, -0.25) is 4.79 Å². The van der Waals surface area contributed by atoms with Gasteiger partial charge in [0.25, 0.3) is 0 Å². The van der Waals surface area contributed by atoms with Crippen molar-refractivity contribution < 1.29 is 13.6 Å². The predicted molar refractivity (Wildman–Crippen MR) is 56.6 cm³/mol. The molecule has 1 aromatic carbocycles. The maximum atomic E-state index is 13.3. The number of carbonyl (C=O) groups is 1. The van der Waals surface area contributed by atoms with Crippen LogP contribution in [0.1, 0.15) is 25.5 Å². The molecule has 16 heavy (non-hydrogen) atoms. The van der Waals surface area contributed by atoms with Crippen molar-refractivity contribution >= 4 is 5.91 Å². The van der Waals surface area contributed by atoms with Gasteiger partial charge in [0.1, 0.15) is 11.6 Å². The summed E-state index contributed by atoms with van der Waals surface area (Å²) in [6.45, 7) is 3.09. The van der Waals surface area contributed by atoms with Crippen LogP contribution >= 0.6 is 0 Å². The zero-order valence-corrected chi connectivity index (χ0v) is 9.13. The highest BCUT2D eigenvalue weighted by molar-refractivity contribution is 5.81. The number of hydrogen-bond donors (Lipinski definition) is 2. The van der Waals surface area contributed by atoms with Crippen LogP contribution < -0.4 is 11.1 Å². The van der Waals surface area contributed by atoms with Gasteiger partial charge < -0.3 is 11.1 Å². The molecule has 0 bridgehead atoms. The molecule has 0 aromatic heterocycles. The van der Waals surface area contributed by atoms with Crippen LogP contribution in [0.4, 0.5) is 8.78 Å². The highest BCUT2D eigenvalue weighted by Gasteiger charge is 2.16. The van der Waals surface area contributed by atoms with Crippen molar-refractivity contribution in [2.45, 2.75) is 25.9 Å². The fourth-order valence-corrected chi connectivity index (χ4v) is 1.27. The zero-order chi connectivity index (χ0) is 12.3. The molecule has 88 valence electrons. The van der Waals surface area contributed by atoms with Crippen molar-refractivity contribution in [3.05, 3.63) is 35.4 Å². The zero-order valence-electron chi connectivity index (χ0n) is 9.13. The number of amides is 1. The Morgan fingerprint density at radius 2 is 2.00 bits per heavy atom. The fraction of sp³-hybridized carbons (Fsp3) is 0.364. The molecule has 3 nitrogen and oxygen atoms in total. The van der Waals surface area contributed by atoms with Crippen LogP contribution in [0.5, 0.6) is 0 Å². The maximum absolute atomic E-state index is 13.3. The van der Waals surface area contributed by atoms with Crippen molar-refractivity contribution in [3.8, 4) is 0 Å². The average molecular weight is 228 g/mol. The van der Waals surface area contributed by atoms with Crippen LogP contribution in [0.15, 0.2) is 18.2 Å². The van der Waals surface area contributed by atoms with E-state index in [-0.39, 0.29) is 5.56 Å². The molecule has 0 saturated heterocycles. The molecule has 0 radical (unpaired) electrons. The number of benzene rings is 1. The lowest BCUT2D eigenvalue weighted by atomic mass is 10.1. The van der Waals surface area contributed by atoms with Crippen molar-refractivity contribution in [3.63, 3.8) is 0 Å². The molecule has 1 unspecified atom stereocenters. The van der Waals surface area contributed by atoms with Gasteiger partial charge in [-0.25, -0.2) is 8.78 Å². The fourth-order valence-electron chi connectivity index (χ4n) is 1.27. The van der Waals surface area contributed by atoms with Crippen LogP contribution in [-0.2, 0) is 4.79 Å². The summed E-state index contributed by atoms with van der Waals surface area (Å²) in [5, 5.41) is 2.49. The van der Waals surface area contributed by atoms with Crippen LogP contribution in [0.25, 0.3) is 0 Å². The molecule has 0 heterocycles. The van der Waals surface area contributed by atoms with Gasteiger partial charge in [-0.15, -0.1) is 0 Å². The largest absolute Gasteiger partial charge is 0.348 e. The van der Waals surface area contributed by atoms with Crippen molar-refractivity contribution in [1.82, 2.24) is 5.32 Å². The van der Waals surface area contributed by atoms with E-state index in [9.17, 15) is 13.6 Å². The SMILES string of the molecule is CC(NC(=O)[C@H](C)N)c1cc(F)ccc1F. The Labute approximate surface area is 92.6 Å². The molecule has 1 amide bonds. The van der Waals surface area contributed by atoms with E-state index in [1.807, 2.05) is 0 Å². The summed E-state index contributed by atoms with van der Waals surface area (Å²) >= 11 is 0. The Kier molecular flexibility index (Phi) is 3.95. The summed E-state index contributed by atoms with van der Waals surface area (Å²) in [5.41, 5.74) is 5.46. The number of nitrogens with two attached hydrogens (primary N) is 1. The first-order valence-electron chi connectivity index (χ1n) is 4.92. The lowest BCUT2D eigenvalue weighted by molar-refractivity contribution is -0.122. The molecule has 0 spiro atoms. The Morgan fingerprint density at radius 3 is 2.56 bits per heavy atom. The van der Waals surface area contributed by atoms with Gasteiger partial charge in [0.2, 0.25) is 5.91 Å². The van der Waals surface area contributed by atoms with Gasteiger partial charge in [-0.1, -0.05) is 0 Å². The third-order valence-electron chi connectivity index (χ3n) is 2.20. The van der Waals surface area contributed by atoms with Gasteiger partial charge in [-0.2, -0.15) is 0 Å². The molecule has 0 aliphatic rings. The molecule has 1 aromatic rings. The highest BCUT2D eigenvalue weighted by Crippen LogP contribution is 2.17. The molecule has 0 aliphatic carbocycles. The van der Waals surface area contributed by atoms with Gasteiger partial charge in [0.15, 0.2) is 0 Å². The summed E-state index contributed by atoms with van der Waals surface area (Å²) < 4.78 is 26.2. The third kappa shape index (κ3) is 3.00. The molecule has 0 fully saturated rings. The van der Waals surface area contributed by atoms with E-state index >= 15 is 0 Å². The molecule has 1 rings (SSSR count). The monoisotopic (exact) mass is 228 g/mol. The minimum Gasteiger partial charge on any atom is -0.348 e. The lowest BCUT2D eigenvalue weighted by Crippen LogP contribution is -2.39. The van der Waals surface area contributed by atoms with E-state index < -0.39 is 29.6 Å². The van der Waals surface area contributed by atoms with E-state index in [1.165, 1.54) is 6.92 Å². The molecular weight excluding hydrogens is 214 g/mol. The Hall–Kier alpha value is -1.49. The van der Waals surface area contributed by atoms with Crippen molar-refractivity contribution in [2.24, 2.45) is 5.73 Å². The minimum atomic E-state index is -0.681. The second-order valence-electron chi connectivity index (χ2n) is 3.68. The number of hydrogen-bond acceptors (Lipinski definition) is 2. The summed E-state index contributed by atoms with van der Waals surface area (Å²) in [7, 11) is 0. The average Bonchev–Trinajstić information content (AvgIpc) is 2.21. The summed E-state index contributed by atoms with van der Waals surface area (Å²) in [6.07, 6.45) is 0. The van der Waals surface area contributed by atoms with E-state index in [0.717, 1.165) is 18.2 Å². The van der Waals surface area contributed by atoms with E-state index in [4.69, 9.17) is 5.73 Å². The second-order valence-corrected chi connectivity index (χ2v) is 3.68. The van der Waals surface area contributed by atoms with Gasteiger partial charge in [-0.05, 0) is 32.0 Å². The minimum absolute atomic E-state index is 0.106. The summed E-state index contributed by atoms with van der Waals surface area (Å²) in [6, 6.07) is 1.81. The first kappa shape index (κ1) is 12.6. The molecule has 2 atom stereocenters. The van der Waals surface area contributed by atoms with Crippen LogP contribution in [0.3, 0.4) is 0 Å². The number of halogens is 2. The molecule has 0 aliphatic heterocycles. The Bertz CT molecular complexity index is 394. The Morgan fingerprint density at radius 1 is 1.38 bits per heavy atom. The number of carbonyl (C=O) groups excluding carboxylic acids is 1. The van der Waals surface area contributed by atoms with Crippen LogP contribution in [-0.4, -0.2) is 11.9 Å². The van der Waals surface area contributed by atoms with Gasteiger partial charge >= 0.3 is 0 Å². The smallest absolute Gasteiger partial charge is 0.237 e. The first-order chi connectivity index (χ1) is 7.41. The number of rotatable bonds is 3. The normalized spacial score (nSPS) is 14.3. The molecule has 0 saturated carbocycles. The molecular formula is C11H14F2N2O. The predicted octanol–water partition coefficient (Wildman–Crippen LogP) is 1.49. The topological polar surface area (TPSA) is 55.1 Å². The summed E-state index contributed by atoms with van der Waals surface area (Å²) in [4.78, 5) is 11.3. The first-order valence-corrected chi connectivity index (χ1v) is 4.92. The van der Waals surface area contributed by atoms with Crippen molar-refractivity contribution in [2.75, 3.05) is 0 Å². The maximum Gasteiger partial charge on any atom is 0.237 e. The van der Waals surface area contributed by atoms with E-state index in [2.05, 4.69) is 5.32 Å². The number of nitrogens with one attached hydrogen (secondary N) is 1. The quantitative estimate of drug-likeness (QED) is 0.823. The summed E-state index contributed by atoms with van der Waals surface area (Å²) in [5.74, 6) is -1.51. The van der Waals surface area contributed by atoms with E-state index in [0.29, 0.717) is 0 Å². The molecule has 3 N–H and O–H groups in total. The lowest BCUT2D eigenvalue weighted by Gasteiger charge is -2.16.